The molecule has 2 heterocycles. The van der Waals surface area contributed by atoms with Gasteiger partial charge < -0.3 is 4.42 Å². The van der Waals surface area contributed by atoms with Gasteiger partial charge in [-0.1, -0.05) is 35.9 Å². The van der Waals surface area contributed by atoms with Crippen molar-refractivity contribution < 1.29 is 8.98 Å². The zero-order valence-corrected chi connectivity index (χ0v) is 18.2. The number of nitrogens with zero attached hydrogens (tertiary/aromatic N) is 2. The third-order valence-corrected chi connectivity index (χ3v) is 6.04. The van der Waals surface area contributed by atoms with Crippen LogP contribution >= 0.6 is 0 Å². The zero-order valence-electron chi connectivity index (χ0n) is 18.2. The van der Waals surface area contributed by atoms with Gasteiger partial charge in [0.1, 0.15) is 18.2 Å². The summed E-state index contributed by atoms with van der Waals surface area (Å²) in [4.78, 5) is 3.59. The molecule has 3 aromatic carbocycles. The van der Waals surface area contributed by atoms with Gasteiger partial charge in [-0.25, -0.2) is 9.41 Å². The minimum atomic E-state index is 0.586. The van der Waals surface area contributed by atoms with Gasteiger partial charge in [0.2, 0.25) is 5.69 Å². The highest BCUT2D eigenvalue weighted by molar-refractivity contribution is 6.17. The van der Waals surface area contributed by atoms with Crippen LogP contribution in [-0.2, 0) is 7.05 Å². The van der Waals surface area contributed by atoms with E-state index in [1.54, 1.807) is 0 Å². The van der Waals surface area contributed by atoms with Crippen molar-refractivity contribution in [1.82, 2.24) is 0 Å². The fraction of sp³-hybridized carbons (Fsp3) is 0.143. The summed E-state index contributed by atoms with van der Waals surface area (Å²) in [6, 6.07) is 20.8. The number of benzene rings is 3. The molecule has 0 aliphatic rings. The summed E-state index contributed by atoms with van der Waals surface area (Å²) in [5.74, 6) is 0. The van der Waals surface area contributed by atoms with Gasteiger partial charge in [-0.15, -0.1) is 0 Å². The Morgan fingerprint density at radius 3 is 2.45 bits per heavy atom. The van der Waals surface area contributed by atoms with Crippen molar-refractivity contribution in [3.63, 3.8) is 0 Å². The highest BCUT2D eigenvalue weighted by Crippen LogP contribution is 2.44. The van der Waals surface area contributed by atoms with Gasteiger partial charge in [0, 0.05) is 22.9 Å². The Hall–Kier alpha value is -3.90. The van der Waals surface area contributed by atoms with E-state index in [0.717, 1.165) is 38.8 Å². The average molecular weight is 404 g/mol. The fourth-order valence-electron chi connectivity index (χ4n) is 4.57. The molecule has 0 atom stereocenters. The zero-order chi connectivity index (χ0) is 21.7. The Bertz CT molecular complexity index is 1530. The molecule has 0 bridgehead atoms. The highest BCUT2D eigenvalue weighted by Gasteiger charge is 2.24. The minimum absolute atomic E-state index is 0.586. The Balaban J connectivity index is 1.97. The predicted molar refractivity (Wildman–Crippen MR) is 126 cm³/mol. The second kappa shape index (κ2) is 7.11. The summed E-state index contributed by atoms with van der Waals surface area (Å²) < 4.78 is 8.61. The maximum Gasteiger partial charge on any atom is 0.216 e. The van der Waals surface area contributed by atoms with E-state index in [1.165, 1.54) is 22.3 Å². The van der Waals surface area contributed by atoms with E-state index < -0.39 is 0 Å². The maximum atomic E-state index is 7.40. The van der Waals surface area contributed by atoms with Gasteiger partial charge in [-0.2, -0.15) is 0 Å². The lowest BCUT2D eigenvalue weighted by molar-refractivity contribution is -0.660. The maximum absolute atomic E-state index is 7.40. The van der Waals surface area contributed by atoms with Gasteiger partial charge in [0.15, 0.2) is 11.9 Å². The van der Waals surface area contributed by atoms with E-state index in [9.17, 15) is 0 Å². The molecule has 0 amide bonds. The molecule has 0 saturated heterocycles. The summed E-state index contributed by atoms with van der Waals surface area (Å²) in [6.07, 6.45) is 2.05. The van der Waals surface area contributed by atoms with E-state index in [-0.39, 0.29) is 0 Å². The summed E-state index contributed by atoms with van der Waals surface area (Å²) in [6.45, 7) is 13.8. The van der Waals surface area contributed by atoms with Crippen LogP contribution in [0.4, 0.5) is 5.69 Å². The van der Waals surface area contributed by atoms with Crippen molar-refractivity contribution in [1.29, 1.82) is 0 Å². The number of aryl methyl sites for hydroxylation is 4. The van der Waals surface area contributed by atoms with Crippen molar-refractivity contribution >= 4 is 27.6 Å². The second-order valence-corrected chi connectivity index (χ2v) is 8.23. The molecule has 0 fully saturated rings. The summed E-state index contributed by atoms with van der Waals surface area (Å²) in [7, 11) is 2.05. The second-order valence-electron chi connectivity index (χ2n) is 8.23. The molecule has 3 nitrogen and oxygen atoms in total. The summed E-state index contributed by atoms with van der Waals surface area (Å²) in [5, 5.41) is 2.14. The minimum Gasteiger partial charge on any atom is -0.456 e. The molecule has 0 N–H and O–H groups in total. The Labute approximate surface area is 182 Å². The number of hydrogen-bond donors (Lipinski definition) is 0. The molecule has 3 heteroatoms. The van der Waals surface area contributed by atoms with Crippen LogP contribution in [0.5, 0.6) is 0 Å². The topological polar surface area (TPSA) is 21.4 Å². The molecule has 150 valence electrons. The fourth-order valence-corrected chi connectivity index (χ4v) is 4.57. The molecule has 0 saturated carbocycles. The van der Waals surface area contributed by atoms with Crippen LogP contribution in [0.15, 0.2) is 71.3 Å². The number of fused-ring (bicyclic) bond motifs is 3. The molecular formula is C28H23N2O+. The van der Waals surface area contributed by atoms with Crippen molar-refractivity contribution in [3.8, 4) is 22.4 Å². The van der Waals surface area contributed by atoms with Crippen molar-refractivity contribution in [3.05, 3.63) is 95.0 Å². The molecule has 2 aromatic heterocycles. The first-order valence-electron chi connectivity index (χ1n) is 10.4. The largest absolute Gasteiger partial charge is 0.456 e. The third kappa shape index (κ3) is 3.00. The van der Waals surface area contributed by atoms with Crippen molar-refractivity contribution in [2.24, 2.45) is 7.05 Å². The average Bonchev–Trinajstić information content (AvgIpc) is 3.12. The van der Waals surface area contributed by atoms with E-state index in [2.05, 4.69) is 79.8 Å². The normalized spacial score (nSPS) is 11.2. The van der Waals surface area contributed by atoms with E-state index >= 15 is 0 Å². The highest BCUT2D eigenvalue weighted by atomic mass is 16.3. The monoisotopic (exact) mass is 403 g/mol. The SMILES string of the molecule is [C-]#[N+]c1ccc2c(c1)oc1c(-c3cccc[n+]3C)c(C)cc(-c3ccc(C)cc3C)c12. The lowest BCUT2D eigenvalue weighted by Crippen LogP contribution is -2.30. The molecule has 0 aliphatic heterocycles. The van der Waals surface area contributed by atoms with Crippen molar-refractivity contribution in [2.45, 2.75) is 20.8 Å². The van der Waals surface area contributed by atoms with Gasteiger partial charge in [-0.05, 0) is 61.2 Å². The van der Waals surface area contributed by atoms with Crippen LogP contribution < -0.4 is 4.57 Å². The van der Waals surface area contributed by atoms with E-state index in [1.807, 2.05) is 24.3 Å². The summed E-state index contributed by atoms with van der Waals surface area (Å²) in [5.41, 5.74) is 10.4. The smallest absolute Gasteiger partial charge is 0.216 e. The standard InChI is InChI=1S/C28H23N2O/c1-17-9-11-21(18(2)14-17)23-15-19(3)26(24-8-6-7-13-30(24)5)28-27(23)22-12-10-20(29-4)16-25(22)31-28/h6-16H,1-3,5H3/q+1. The molecular weight excluding hydrogens is 380 g/mol. The van der Waals surface area contributed by atoms with Crippen LogP contribution in [0.1, 0.15) is 16.7 Å². The lowest BCUT2D eigenvalue weighted by Gasteiger charge is -2.13. The number of hydrogen-bond acceptors (Lipinski definition) is 1. The van der Waals surface area contributed by atoms with Crippen LogP contribution in [0.2, 0.25) is 0 Å². The van der Waals surface area contributed by atoms with E-state index in [4.69, 9.17) is 11.0 Å². The van der Waals surface area contributed by atoms with Crippen LogP contribution in [0.3, 0.4) is 0 Å². The Morgan fingerprint density at radius 1 is 0.871 bits per heavy atom. The van der Waals surface area contributed by atoms with Crippen LogP contribution in [0, 0.1) is 27.3 Å². The van der Waals surface area contributed by atoms with Gasteiger partial charge in [0.25, 0.3) is 0 Å². The van der Waals surface area contributed by atoms with Crippen LogP contribution in [0.25, 0.3) is 49.2 Å². The molecule has 0 aliphatic carbocycles. The van der Waals surface area contributed by atoms with Gasteiger partial charge >= 0.3 is 0 Å². The number of pyridine rings is 1. The third-order valence-electron chi connectivity index (χ3n) is 6.04. The predicted octanol–water partition coefficient (Wildman–Crippen LogP) is 7.22. The molecule has 0 radical (unpaired) electrons. The quantitative estimate of drug-likeness (QED) is 0.225. The van der Waals surface area contributed by atoms with Gasteiger partial charge in [-0.3, -0.25) is 0 Å². The molecule has 5 aromatic rings. The van der Waals surface area contributed by atoms with Crippen molar-refractivity contribution in [2.75, 3.05) is 0 Å². The van der Waals surface area contributed by atoms with E-state index in [0.29, 0.717) is 5.69 Å². The molecule has 31 heavy (non-hydrogen) atoms. The number of rotatable bonds is 2. The number of aromatic nitrogens is 1. The van der Waals surface area contributed by atoms with Gasteiger partial charge in [0.05, 0.1) is 12.1 Å². The molecule has 5 rings (SSSR count). The molecule has 0 unspecified atom stereocenters. The van der Waals surface area contributed by atoms with Crippen LogP contribution in [-0.4, -0.2) is 0 Å². The number of furan rings is 1. The first-order chi connectivity index (χ1) is 15.0. The first-order valence-corrected chi connectivity index (χ1v) is 10.4. The Morgan fingerprint density at radius 2 is 1.71 bits per heavy atom. The molecule has 0 spiro atoms. The first kappa shape index (κ1) is 19.1. The lowest BCUT2D eigenvalue weighted by atomic mass is 9.90. The summed E-state index contributed by atoms with van der Waals surface area (Å²) >= 11 is 0. The Kier molecular flexibility index (Phi) is 4.38.